The van der Waals surface area contributed by atoms with Gasteiger partial charge < -0.3 is 14.2 Å². The van der Waals surface area contributed by atoms with Crippen LogP contribution in [0.25, 0.3) is 0 Å². The first-order chi connectivity index (χ1) is 11.3. The van der Waals surface area contributed by atoms with Crippen LogP contribution in [0.15, 0.2) is 42.5 Å². The van der Waals surface area contributed by atoms with Gasteiger partial charge in [-0.2, -0.15) is 5.26 Å². The van der Waals surface area contributed by atoms with Crippen LogP contribution < -0.4 is 14.2 Å². The largest absolute Gasteiger partial charge is 0.493 e. The lowest BCUT2D eigenvalue weighted by Gasteiger charge is -2.13. The Balaban J connectivity index is 1.63. The van der Waals surface area contributed by atoms with Gasteiger partial charge in [-0.25, -0.2) is 0 Å². The number of benzene rings is 2. The topological polar surface area (TPSA) is 51.5 Å². The van der Waals surface area contributed by atoms with Gasteiger partial charge in [0.2, 0.25) is 6.79 Å². The van der Waals surface area contributed by atoms with E-state index in [9.17, 15) is 5.26 Å². The van der Waals surface area contributed by atoms with Crippen molar-refractivity contribution in [2.24, 2.45) is 0 Å². The Labute approximate surface area is 136 Å². The molecule has 2 aromatic rings. The monoisotopic (exact) mass is 309 g/mol. The van der Waals surface area contributed by atoms with E-state index in [-0.39, 0.29) is 12.7 Å². The van der Waals surface area contributed by atoms with E-state index in [0.717, 1.165) is 23.5 Å². The molecule has 0 aliphatic carbocycles. The number of nitrogens with zero attached hydrogens (tertiary/aromatic N) is 1. The second kappa shape index (κ2) is 7.06. The lowest BCUT2D eigenvalue weighted by atomic mass is 9.97. The predicted molar refractivity (Wildman–Crippen MR) is 86.9 cm³/mol. The number of para-hydroxylation sites is 1. The average molecular weight is 309 g/mol. The summed E-state index contributed by atoms with van der Waals surface area (Å²) in [4.78, 5) is 0. The molecule has 118 valence electrons. The maximum atomic E-state index is 9.45. The maximum Gasteiger partial charge on any atom is 0.231 e. The van der Waals surface area contributed by atoms with Gasteiger partial charge in [0.25, 0.3) is 0 Å². The molecular weight excluding hydrogens is 290 g/mol. The Kier molecular flexibility index (Phi) is 4.68. The Morgan fingerprint density at radius 3 is 2.83 bits per heavy atom. The van der Waals surface area contributed by atoms with Crippen LogP contribution in [0.4, 0.5) is 0 Å². The molecule has 0 saturated carbocycles. The first kappa shape index (κ1) is 15.2. The zero-order valence-electron chi connectivity index (χ0n) is 13.1. The summed E-state index contributed by atoms with van der Waals surface area (Å²) < 4.78 is 16.5. The predicted octanol–water partition coefficient (Wildman–Crippen LogP) is 4.05. The van der Waals surface area contributed by atoms with E-state index in [1.54, 1.807) is 0 Å². The molecule has 2 aromatic carbocycles. The lowest BCUT2D eigenvalue weighted by molar-refractivity contribution is 0.174. The summed E-state index contributed by atoms with van der Waals surface area (Å²) in [7, 11) is 0. The Morgan fingerprint density at radius 1 is 1.17 bits per heavy atom. The van der Waals surface area contributed by atoms with Gasteiger partial charge >= 0.3 is 0 Å². The molecule has 0 fully saturated rings. The van der Waals surface area contributed by atoms with E-state index >= 15 is 0 Å². The molecule has 1 aliphatic heterocycles. The minimum atomic E-state index is -0.224. The molecule has 3 rings (SSSR count). The Hall–Kier alpha value is -2.67. The molecule has 0 saturated heterocycles. The number of fused-ring (bicyclic) bond motifs is 1. The van der Waals surface area contributed by atoms with Gasteiger partial charge in [0.1, 0.15) is 5.75 Å². The summed E-state index contributed by atoms with van der Waals surface area (Å²) in [5, 5.41) is 9.45. The van der Waals surface area contributed by atoms with Gasteiger partial charge in [-0.05, 0) is 35.7 Å². The normalized spacial score (nSPS) is 13.4. The molecular formula is C19H19NO3. The fourth-order valence-electron chi connectivity index (χ4n) is 2.66. The Bertz CT molecular complexity index is 721. The van der Waals surface area contributed by atoms with Gasteiger partial charge in [-0.3, -0.25) is 0 Å². The summed E-state index contributed by atoms with van der Waals surface area (Å²) in [6.07, 6.45) is 1.56. The second-order valence-electron chi connectivity index (χ2n) is 5.39. The van der Waals surface area contributed by atoms with Crippen LogP contribution in [-0.4, -0.2) is 13.4 Å². The quantitative estimate of drug-likeness (QED) is 0.807. The van der Waals surface area contributed by atoms with Crippen molar-refractivity contribution in [3.8, 4) is 23.3 Å². The Morgan fingerprint density at radius 2 is 2.00 bits per heavy atom. The highest BCUT2D eigenvalue weighted by Gasteiger charge is 2.18. The molecule has 0 N–H and O–H groups in total. The molecule has 0 bridgehead atoms. The van der Waals surface area contributed by atoms with Crippen molar-refractivity contribution in [1.29, 1.82) is 5.26 Å². The van der Waals surface area contributed by atoms with E-state index in [0.29, 0.717) is 18.8 Å². The molecule has 0 spiro atoms. The number of nitriles is 1. The van der Waals surface area contributed by atoms with Gasteiger partial charge in [0, 0.05) is 6.42 Å². The van der Waals surface area contributed by atoms with E-state index in [4.69, 9.17) is 14.2 Å². The third-order valence-electron chi connectivity index (χ3n) is 3.97. The van der Waals surface area contributed by atoms with Crippen LogP contribution in [0.5, 0.6) is 17.2 Å². The minimum absolute atomic E-state index is 0.224. The third-order valence-corrected chi connectivity index (χ3v) is 3.97. The summed E-state index contributed by atoms with van der Waals surface area (Å²) >= 11 is 0. The standard InChI is InChI=1S/C19H19NO3/c1-2-14-5-3-4-6-17(14)21-10-9-16(12-20)15-7-8-18-19(11-15)23-13-22-18/h3-8,11,16H,2,9-10,13H2,1H3. The van der Waals surface area contributed by atoms with E-state index in [1.807, 2.05) is 36.4 Å². The smallest absolute Gasteiger partial charge is 0.231 e. The SMILES string of the molecule is CCc1ccccc1OCCC(C#N)c1ccc2c(c1)OCO2. The molecule has 0 radical (unpaired) electrons. The average Bonchev–Trinajstić information content (AvgIpc) is 3.06. The van der Waals surface area contributed by atoms with Gasteiger partial charge in [-0.1, -0.05) is 31.2 Å². The number of hydrogen-bond acceptors (Lipinski definition) is 4. The highest BCUT2D eigenvalue weighted by Crippen LogP contribution is 2.35. The lowest BCUT2D eigenvalue weighted by Crippen LogP contribution is -2.05. The minimum Gasteiger partial charge on any atom is -0.493 e. The van der Waals surface area contributed by atoms with Crippen molar-refractivity contribution in [2.75, 3.05) is 13.4 Å². The second-order valence-corrected chi connectivity index (χ2v) is 5.39. The maximum absolute atomic E-state index is 9.45. The number of rotatable bonds is 6. The first-order valence-electron chi connectivity index (χ1n) is 7.81. The van der Waals surface area contributed by atoms with Crippen molar-refractivity contribution in [3.63, 3.8) is 0 Å². The van der Waals surface area contributed by atoms with Crippen LogP contribution in [0.3, 0.4) is 0 Å². The molecule has 4 nitrogen and oxygen atoms in total. The van der Waals surface area contributed by atoms with Crippen LogP contribution >= 0.6 is 0 Å². The molecule has 0 amide bonds. The molecule has 4 heteroatoms. The van der Waals surface area contributed by atoms with Crippen molar-refractivity contribution >= 4 is 0 Å². The zero-order chi connectivity index (χ0) is 16.1. The molecule has 1 aliphatic rings. The summed E-state index contributed by atoms with van der Waals surface area (Å²) in [5.74, 6) is 2.12. The third kappa shape index (κ3) is 3.40. The van der Waals surface area contributed by atoms with Gasteiger partial charge in [-0.15, -0.1) is 0 Å². The summed E-state index contributed by atoms with van der Waals surface area (Å²) in [5.41, 5.74) is 2.12. The van der Waals surface area contributed by atoms with Crippen molar-refractivity contribution in [3.05, 3.63) is 53.6 Å². The summed E-state index contributed by atoms with van der Waals surface area (Å²) in [6, 6.07) is 16.0. The van der Waals surface area contributed by atoms with Crippen LogP contribution in [-0.2, 0) is 6.42 Å². The molecule has 1 heterocycles. The van der Waals surface area contributed by atoms with E-state index in [2.05, 4.69) is 19.1 Å². The zero-order valence-corrected chi connectivity index (χ0v) is 13.1. The highest BCUT2D eigenvalue weighted by molar-refractivity contribution is 5.46. The highest BCUT2D eigenvalue weighted by atomic mass is 16.7. The summed E-state index contributed by atoms with van der Waals surface area (Å²) in [6.45, 7) is 2.85. The fraction of sp³-hybridized carbons (Fsp3) is 0.316. The molecule has 23 heavy (non-hydrogen) atoms. The van der Waals surface area contributed by atoms with Crippen molar-refractivity contribution < 1.29 is 14.2 Å². The molecule has 0 aromatic heterocycles. The van der Waals surface area contributed by atoms with Gasteiger partial charge in [0.15, 0.2) is 11.5 Å². The van der Waals surface area contributed by atoms with Gasteiger partial charge in [0.05, 0.1) is 18.6 Å². The molecule has 1 atom stereocenters. The number of hydrogen-bond donors (Lipinski definition) is 0. The first-order valence-corrected chi connectivity index (χ1v) is 7.81. The van der Waals surface area contributed by atoms with Crippen molar-refractivity contribution in [2.45, 2.75) is 25.7 Å². The van der Waals surface area contributed by atoms with Crippen molar-refractivity contribution in [1.82, 2.24) is 0 Å². The van der Waals surface area contributed by atoms with Crippen LogP contribution in [0.2, 0.25) is 0 Å². The molecule has 1 unspecified atom stereocenters. The van der Waals surface area contributed by atoms with Crippen LogP contribution in [0, 0.1) is 11.3 Å². The number of ether oxygens (including phenoxy) is 3. The van der Waals surface area contributed by atoms with E-state index in [1.165, 1.54) is 5.56 Å². The van der Waals surface area contributed by atoms with E-state index < -0.39 is 0 Å². The fourth-order valence-corrected chi connectivity index (χ4v) is 2.66. The van der Waals surface area contributed by atoms with Crippen LogP contribution in [0.1, 0.15) is 30.4 Å². The number of aryl methyl sites for hydroxylation is 1.